The molecule has 2 aromatic carbocycles. The maximum Gasteiger partial charge on any atom is 0.418 e. The first-order valence-corrected chi connectivity index (χ1v) is 8.08. The number of nitrogens with zero attached hydrogens (tertiary/aromatic N) is 2. The molecular weight excluding hydrogens is 375 g/mol. The average molecular weight is 389 g/mol. The summed E-state index contributed by atoms with van der Waals surface area (Å²) in [5.74, 6) is -1.65. The van der Waals surface area contributed by atoms with Crippen LogP contribution >= 0.6 is 0 Å². The Morgan fingerprint density at radius 1 is 1.04 bits per heavy atom. The molecular formula is C19H14F3N3O3. The summed E-state index contributed by atoms with van der Waals surface area (Å²) in [6, 6.07) is 12.6. The molecule has 9 heteroatoms. The lowest BCUT2D eigenvalue weighted by atomic mass is 10.1. The SMILES string of the molecule is O=C(COC(=O)c1ccc(-n2cccn2)cc1)Nc1ccccc1C(F)(F)F. The van der Waals surface area contributed by atoms with Crippen LogP contribution in [-0.4, -0.2) is 28.3 Å². The molecule has 0 aliphatic heterocycles. The minimum absolute atomic E-state index is 0.194. The maximum atomic E-state index is 12.9. The van der Waals surface area contributed by atoms with Crippen molar-refractivity contribution in [1.82, 2.24) is 9.78 Å². The van der Waals surface area contributed by atoms with Crippen LogP contribution < -0.4 is 5.32 Å². The molecule has 1 N–H and O–H groups in total. The van der Waals surface area contributed by atoms with Gasteiger partial charge in [-0.05, 0) is 42.5 Å². The minimum atomic E-state index is -4.61. The summed E-state index contributed by atoms with van der Waals surface area (Å²) in [6.07, 6.45) is -1.27. The van der Waals surface area contributed by atoms with Gasteiger partial charge in [0.1, 0.15) is 0 Å². The fraction of sp³-hybridized carbons (Fsp3) is 0.105. The van der Waals surface area contributed by atoms with Crippen molar-refractivity contribution >= 4 is 17.6 Å². The molecule has 0 bridgehead atoms. The van der Waals surface area contributed by atoms with Gasteiger partial charge in [0, 0.05) is 12.4 Å². The zero-order chi connectivity index (χ0) is 20.1. The Balaban J connectivity index is 1.58. The van der Waals surface area contributed by atoms with Crippen molar-refractivity contribution in [2.75, 3.05) is 11.9 Å². The molecule has 144 valence electrons. The van der Waals surface area contributed by atoms with E-state index < -0.39 is 35.9 Å². The number of ether oxygens (including phenoxy) is 1. The molecule has 1 aromatic heterocycles. The standard InChI is InChI=1S/C19H14F3N3O3/c20-19(21,22)15-4-1-2-5-16(15)24-17(26)12-28-18(27)13-6-8-14(9-7-13)25-11-3-10-23-25/h1-11H,12H2,(H,24,26). The average Bonchev–Trinajstić information content (AvgIpc) is 3.20. The number of esters is 1. The topological polar surface area (TPSA) is 73.2 Å². The molecule has 0 radical (unpaired) electrons. The number of carbonyl (C=O) groups excluding carboxylic acids is 2. The molecule has 0 aliphatic carbocycles. The van der Waals surface area contributed by atoms with Crippen LogP contribution in [0.15, 0.2) is 67.0 Å². The second-order valence-electron chi connectivity index (χ2n) is 5.67. The van der Waals surface area contributed by atoms with Crippen LogP contribution in [-0.2, 0) is 15.7 Å². The van der Waals surface area contributed by atoms with Gasteiger partial charge in [-0.25, -0.2) is 9.48 Å². The largest absolute Gasteiger partial charge is 0.452 e. The molecule has 0 saturated heterocycles. The molecule has 0 fully saturated rings. The van der Waals surface area contributed by atoms with Gasteiger partial charge in [-0.2, -0.15) is 18.3 Å². The van der Waals surface area contributed by atoms with Crippen molar-refractivity contribution < 1.29 is 27.5 Å². The lowest BCUT2D eigenvalue weighted by Crippen LogP contribution is -2.22. The summed E-state index contributed by atoms with van der Waals surface area (Å²) in [7, 11) is 0. The summed E-state index contributed by atoms with van der Waals surface area (Å²) in [5.41, 5.74) is -0.467. The number of halogens is 3. The number of anilines is 1. The van der Waals surface area contributed by atoms with E-state index in [1.165, 1.54) is 24.3 Å². The van der Waals surface area contributed by atoms with E-state index in [0.717, 1.165) is 17.8 Å². The number of hydrogen-bond acceptors (Lipinski definition) is 4. The molecule has 0 unspecified atom stereocenters. The highest BCUT2D eigenvalue weighted by Crippen LogP contribution is 2.34. The number of rotatable bonds is 5. The molecule has 1 heterocycles. The van der Waals surface area contributed by atoms with Gasteiger partial charge in [-0.3, -0.25) is 4.79 Å². The zero-order valence-electron chi connectivity index (χ0n) is 14.3. The van der Waals surface area contributed by atoms with Gasteiger partial charge < -0.3 is 10.1 Å². The van der Waals surface area contributed by atoms with Gasteiger partial charge in [-0.1, -0.05) is 12.1 Å². The predicted octanol–water partition coefficient (Wildman–Crippen LogP) is 3.69. The molecule has 28 heavy (non-hydrogen) atoms. The van der Waals surface area contributed by atoms with Crippen LogP contribution in [0.5, 0.6) is 0 Å². The summed E-state index contributed by atoms with van der Waals surface area (Å²) >= 11 is 0. The smallest absolute Gasteiger partial charge is 0.418 e. The molecule has 3 aromatic rings. The third-order valence-electron chi connectivity index (χ3n) is 3.71. The number of alkyl halides is 3. The zero-order valence-corrected chi connectivity index (χ0v) is 14.3. The monoisotopic (exact) mass is 389 g/mol. The number of aromatic nitrogens is 2. The van der Waals surface area contributed by atoms with Gasteiger partial charge in [-0.15, -0.1) is 0 Å². The predicted molar refractivity (Wildman–Crippen MR) is 93.9 cm³/mol. The van der Waals surface area contributed by atoms with E-state index in [1.807, 2.05) is 0 Å². The Hall–Kier alpha value is -3.62. The van der Waals surface area contributed by atoms with Crippen molar-refractivity contribution in [3.63, 3.8) is 0 Å². The Kier molecular flexibility index (Phi) is 5.44. The fourth-order valence-corrected chi connectivity index (χ4v) is 2.41. The molecule has 0 saturated carbocycles. The molecule has 0 spiro atoms. The normalized spacial score (nSPS) is 11.1. The molecule has 1 amide bonds. The first-order chi connectivity index (χ1) is 13.3. The van der Waals surface area contributed by atoms with Crippen molar-refractivity contribution in [3.8, 4) is 5.69 Å². The lowest BCUT2D eigenvalue weighted by molar-refractivity contribution is -0.137. The first-order valence-electron chi connectivity index (χ1n) is 8.08. The quantitative estimate of drug-likeness (QED) is 0.676. The van der Waals surface area contributed by atoms with Crippen LogP contribution in [0.2, 0.25) is 0 Å². The fourth-order valence-electron chi connectivity index (χ4n) is 2.41. The molecule has 3 rings (SSSR count). The highest BCUT2D eigenvalue weighted by Gasteiger charge is 2.33. The molecule has 6 nitrogen and oxygen atoms in total. The minimum Gasteiger partial charge on any atom is -0.452 e. The van der Waals surface area contributed by atoms with Gasteiger partial charge in [0.25, 0.3) is 5.91 Å². The Labute approximate surface area is 157 Å². The summed E-state index contributed by atoms with van der Waals surface area (Å²) < 4.78 is 45.2. The Bertz CT molecular complexity index is 968. The van der Waals surface area contributed by atoms with Crippen molar-refractivity contribution in [2.45, 2.75) is 6.18 Å². The van der Waals surface area contributed by atoms with E-state index in [2.05, 4.69) is 10.4 Å². The van der Waals surface area contributed by atoms with Crippen LogP contribution in [0.1, 0.15) is 15.9 Å². The number of benzene rings is 2. The van der Waals surface area contributed by atoms with Gasteiger partial charge in [0.15, 0.2) is 6.61 Å². The molecule has 0 atom stereocenters. The van der Waals surface area contributed by atoms with E-state index in [9.17, 15) is 22.8 Å². The van der Waals surface area contributed by atoms with Crippen molar-refractivity contribution in [3.05, 3.63) is 78.1 Å². The van der Waals surface area contributed by atoms with E-state index in [1.54, 1.807) is 35.3 Å². The summed E-state index contributed by atoms with van der Waals surface area (Å²) in [6.45, 7) is -0.716. The summed E-state index contributed by atoms with van der Waals surface area (Å²) in [5, 5.41) is 6.16. The van der Waals surface area contributed by atoms with Crippen LogP contribution in [0.3, 0.4) is 0 Å². The van der Waals surface area contributed by atoms with Gasteiger partial charge >= 0.3 is 12.1 Å². The maximum absolute atomic E-state index is 12.9. The number of carbonyl (C=O) groups is 2. The van der Waals surface area contributed by atoms with Gasteiger partial charge in [0.05, 0.1) is 22.5 Å². The van der Waals surface area contributed by atoms with E-state index in [-0.39, 0.29) is 5.56 Å². The van der Waals surface area contributed by atoms with Gasteiger partial charge in [0.2, 0.25) is 0 Å². The number of amides is 1. The van der Waals surface area contributed by atoms with Crippen molar-refractivity contribution in [2.24, 2.45) is 0 Å². The number of hydrogen-bond donors (Lipinski definition) is 1. The first kappa shape index (κ1) is 19.2. The number of nitrogens with one attached hydrogen (secondary N) is 1. The third-order valence-corrected chi connectivity index (χ3v) is 3.71. The Morgan fingerprint density at radius 2 is 1.75 bits per heavy atom. The summed E-state index contributed by atoms with van der Waals surface area (Å²) in [4.78, 5) is 23.9. The van der Waals surface area contributed by atoms with Crippen LogP contribution in [0.25, 0.3) is 5.69 Å². The molecule has 0 aliphatic rings. The third kappa shape index (κ3) is 4.56. The highest BCUT2D eigenvalue weighted by molar-refractivity contribution is 5.96. The van der Waals surface area contributed by atoms with E-state index >= 15 is 0 Å². The second kappa shape index (κ2) is 7.95. The number of para-hydroxylation sites is 1. The second-order valence-corrected chi connectivity index (χ2v) is 5.67. The van der Waals surface area contributed by atoms with E-state index in [4.69, 9.17) is 4.74 Å². The lowest BCUT2D eigenvalue weighted by Gasteiger charge is -2.13. The van der Waals surface area contributed by atoms with E-state index in [0.29, 0.717) is 0 Å². The van der Waals surface area contributed by atoms with Crippen LogP contribution in [0.4, 0.5) is 18.9 Å². The Morgan fingerprint density at radius 3 is 2.39 bits per heavy atom. The highest BCUT2D eigenvalue weighted by atomic mass is 19.4. The van der Waals surface area contributed by atoms with Crippen LogP contribution in [0, 0.1) is 0 Å². The van der Waals surface area contributed by atoms with Crippen molar-refractivity contribution in [1.29, 1.82) is 0 Å².